The Hall–Kier alpha value is -4.15. The molecule has 3 aromatic rings. The quantitative estimate of drug-likeness (QED) is 0.587. The van der Waals surface area contributed by atoms with Gasteiger partial charge in [0.2, 0.25) is 0 Å². The lowest BCUT2D eigenvalue weighted by Crippen LogP contribution is -2.62. The highest BCUT2D eigenvalue weighted by Gasteiger charge is 2.68. The van der Waals surface area contributed by atoms with E-state index in [9.17, 15) is 32.3 Å². The van der Waals surface area contributed by atoms with Gasteiger partial charge in [0, 0.05) is 5.56 Å². The molecule has 0 fully saturated rings. The third-order valence-electron chi connectivity index (χ3n) is 4.84. The number of hydrogen-bond acceptors (Lipinski definition) is 4. The molecule has 3 N–H and O–H groups in total. The molecule has 1 atom stereocenters. The van der Waals surface area contributed by atoms with Crippen LogP contribution in [0.25, 0.3) is 5.69 Å². The number of halogens is 3. The molecule has 0 spiro atoms. The van der Waals surface area contributed by atoms with Crippen molar-refractivity contribution in [2.24, 2.45) is 0 Å². The first kappa shape index (κ1) is 20.1. The van der Waals surface area contributed by atoms with E-state index in [1.54, 1.807) is 22.4 Å². The van der Waals surface area contributed by atoms with Crippen LogP contribution in [0.3, 0.4) is 0 Å². The molecular weight excluding hydrogens is 417 g/mol. The molecule has 0 radical (unpaired) electrons. The third-order valence-corrected chi connectivity index (χ3v) is 4.84. The number of hydrogen-bond donors (Lipinski definition) is 3. The van der Waals surface area contributed by atoms with E-state index in [1.165, 1.54) is 48.5 Å². The molecule has 31 heavy (non-hydrogen) atoms. The zero-order valence-corrected chi connectivity index (χ0v) is 15.5. The van der Waals surface area contributed by atoms with Gasteiger partial charge in [0.25, 0.3) is 22.9 Å². The molecule has 0 aliphatic carbocycles. The van der Waals surface area contributed by atoms with Gasteiger partial charge < -0.3 is 10.6 Å². The van der Waals surface area contributed by atoms with Gasteiger partial charge in [0.05, 0.1) is 5.69 Å². The van der Waals surface area contributed by atoms with Crippen LogP contribution in [0, 0.1) is 0 Å². The number of nitrogens with zero attached hydrogens (tertiary/aromatic N) is 1. The fourth-order valence-corrected chi connectivity index (χ4v) is 3.43. The van der Waals surface area contributed by atoms with E-state index >= 15 is 0 Å². The van der Waals surface area contributed by atoms with Crippen molar-refractivity contribution < 1.29 is 22.8 Å². The largest absolute Gasteiger partial charge is 0.425 e. The first-order valence-corrected chi connectivity index (χ1v) is 8.88. The summed E-state index contributed by atoms with van der Waals surface area (Å²) >= 11 is 0. The Morgan fingerprint density at radius 1 is 0.935 bits per heavy atom. The normalized spacial score (nSPS) is 17.7. The number of fused-ring (bicyclic) bond motifs is 1. The highest BCUT2D eigenvalue weighted by molar-refractivity contribution is 6.09. The maximum atomic E-state index is 14.3. The first-order chi connectivity index (χ1) is 14.7. The number of benzene rings is 2. The van der Waals surface area contributed by atoms with Gasteiger partial charge in [-0.15, -0.1) is 0 Å². The molecule has 158 valence electrons. The van der Waals surface area contributed by atoms with Crippen LogP contribution in [0.2, 0.25) is 0 Å². The van der Waals surface area contributed by atoms with Crippen molar-refractivity contribution in [3.8, 4) is 5.69 Å². The number of carbonyl (C=O) groups excluding carboxylic acids is 2. The number of aromatic amines is 1. The molecule has 0 saturated carbocycles. The summed E-state index contributed by atoms with van der Waals surface area (Å²) in [5, 5.41) is 3.65. The van der Waals surface area contributed by atoms with Gasteiger partial charge in [0.15, 0.2) is 0 Å². The van der Waals surface area contributed by atoms with E-state index in [4.69, 9.17) is 0 Å². The van der Waals surface area contributed by atoms with Crippen molar-refractivity contribution in [1.82, 2.24) is 14.9 Å². The second kappa shape index (κ2) is 6.97. The summed E-state index contributed by atoms with van der Waals surface area (Å²) in [7, 11) is 0. The summed E-state index contributed by atoms with van der Waals surface area (Å²) in [6, 6.07) is 14.4. The highest BCUT2D eigenvalue weighted by atomic mass is 19.4. The lowest BCUT2D eigenvalue weighted by molar-refractivity contribution is -0.196. The highest BCUT2D eigenvalue weighted by Crippen LogP contribution is 2.45. The SMILES string of the molecule is O=C(NC1(C(F)(F)F)C(=O)Nc2c1c(=O)[nH]c(=O)n2-c1ccccc1)c1ccccc1. The smallest absolute Gasteiger partial charge is 0.326 e. The third kappa shape index (κ3) is 3.01. The maximum absolute atomic E-state index is 14.3. The predicted molar refractivity (Wildman–Crippen MR) is 103 cm³/mol. The van der Waals surface area contributed by atoms with Crippen molar-refractivity contribution in [3.63, 3.8) is 0 Å². The standard InChI is InChI=1S/C20H13F3N4O4/c21-20(22,23)19(26-15(28)11-7-3-1-4-8-11)13-14(24-17(19)30)27(18(31)25-16(13)29)12-9-5-2-6-10-12/h1-10H,(H,24,30)(H,26,28)(H,25,29,31). The second-order valence-corrected chi connectivity index (χ2v) is 6.68. The number of carbonyl (C=O) groups is 2. The van der Waals surface area contributed by atoms with E-state index in [-0.39, 0.29) is 11.3 Å². The summed E-state index contributed by atoms with van der Waals surface area (Å²) < 4.78 is 43.7. The molecule has 1 aromatic heterocycles. The zero-order chi connectivity index (χ0) is 22.4. The molecule has 4 rings (SSSR count). The molecule has 1 unspecified atom stereocenters. The molecular formula is C20H13F3N4O4. The van der Waals surface area contributed by atoms with Crippen molar-refractivity contribution in [2.75, 3.05) is 5.32 Å². The Morgan fingerprint density at radius 3 is 2.10 bits per heavy atom. The van der Waals surface area contributed by atoms with Crippen molar-refractivity contribution in [3.05, 3.63) is 92.6 Å². The fraction of sp³-hybridized carbons (Fsp3) is 0.100. The van der Waals surface area contributed by atoms with Gasteiger partial charge in [-0.25, -0.2) is 9.36 Å². The summed E-state index contributed by atoms with van der Waals surface area (Å²) in [4.78, 5) is 52.0. The minimum Gasteiger partial charge on any atom is -0.326 e. The van der Waals surface area contributed by atoms with Crippen molar-refractivity contribution in [1.29, 1.82) is 0 Å². The van der Waals surface area contributed by atoms with Crippen LogP contribution >= 0.6 is 0 Å². The van der Waals surface area contributed by atoms with Crippen LogP contribution in [0.4, 0.5) is 19.0 Å². The van der Waals surface area contributed by atoms with E-state index in [0.717, 1.165) is 4.57 Å². The van der Waals surface area contributed by atoms with Crippen LogP contribution in [-0.4, -0.2) is 27.5 Å². The summed E-state index contributed by atoms with van der Waals surface area (Å²) in [6.07, 6.45) is -5.40. The molecule has 2 heterocycles. The zero-order valence-electron chi connectivity index (χ0n) is 15.5. The van der Waals surface area contributed by atoms with Gasteiger partial charge in [-0.3, -0.25) is 19.4 Å². The number of H-pyrrole nitrogens is 1. The summed E-state index contributed by atoms with van der Waals surface area (Å²) in [6.45, 7) is 0. The summed E-state index contributed by atoms with van der Waals surface area (Å²) in [5.41, 5.74) is -7.38. The lowest BCUT2D eigenvalue weighted by atomic mass is 9.91. The Balaban J connectivity index is 1.99. The molecule has 1 aliphatic rings. The fourth-order valence-electron chi connectivity index (χ4n) is 3.43. The Morgan fingerprint density at radius 2 is 1.52 bits per heavy atom. The van der Waals surface area contributed by atoms with E-state index in [1.807, 2.05) is 5.32 Å². The molecule has 8 nitrogen and oxygen atoms in total. The average molecular weight is 430 g/mol. The number of alkyl halides is 3. The van der Waals surface area contributed by atoms with Gasteiger partial charge in [-0.05, 0) is 24.3 Å². The summed E-state index contributed by atoms with van der Waals surface area (Å²) in [5.74, 6) is -3.60. The first-order valence-electron chi connectivity index (χ1n) is 8.88. The number of amides is 2. The van der Waals surface area contributed by atoms with E-state index in [2.05, 4.69) is 0 Å². The Bertz CT molecular complexity index is 1300. The van der Waals surface area contributed by atoms with Crippen molar-refractivity contribution >= 4 is 17.6 Å². The van der Waals surface area contributed by atoms with Crippen LogP contribution in [0.5, 0.6) is 0 Å². The number of para-hydroxylation sites is 1. The Kier molecular flexibility index (Phi) is 4.53. The van der Waals surface area contributed by atoms with E-state index < -0.39 is 46.2 Å². The number of aromatic nitrogens is 2. The lowest BCUT2D eigenvalue weighted by Gasteiger charge is -2.30. The second-order valence-electron chi connectivity index (χ2n) is 6.68. The number of anilines is 1. The van der Waals surface area contributed by atoms with Crippen molar-refractivity contribution in [2.45, 2.75) is 11.7 Å². The van der Waals surface area contributed by atoms with Gasteiger partial charge in [-0.2, -0.15) is 13.2 Å². The molecule has 0 saturated heterocycles. The number of rotatable bonds is 3. The molecule has 0 bridgehead atoms. The monoisotopic (exact) mass is 430 g/mol. The van der Waals surface area contributed by atoms with E-state index in [0.29, 0.717) is 0 Å². The number of nitrogens with one attached hydrogen (secondary N) is 3. The maximum Gasteiger partial charge on any atom is 0.425 e. The molecule has 1 aliphatic heterocycles. The predicted octanol–water partition coefficient (Wildman–Crippen LogP) is 1.67. The molecule has 11 heteroatoms. The average Bonchev–Trinajstić information content (AvgIpc) is 3.02. The van der Waals surface area contributed by atoms with Gasteiger partial charge >= 0.3 is 11.9 Å². The molecule has 2 aromatic carbocycles. The van der Waals surface area contributed by atoms with Crippen LogP contribution in [0.1, 0.15) is 15.9 Å². The minimum atomic E-state index is -5.40. The van der Waals surface area contributed by atoms with Gasteiger partial charge in [0.1, 0.15) is 11.4 Å². The minimum absolute atomic E-state index is 0.104. The van der Waals surface area contributed by atoms with Crippen LogP contribution in [0.15, 0.2) is 70.3 Å². The van der Waals surface area contributed by atoms with Crippen LogP contribution in [-0.2, 0) is 10.3 Å². The molecule has 2 amide bonds. The van der Waals surface area contributed by atoms with Gasteiger partial charge in [-0.1, -0.05) is 36.4 Å². The Labute approximate surface area is 171 Å². The van der Waals surface area contributed by atoms with Crippen LogP contribution < -0.4 is 21.9 Å². The topological polar surface area (TPSA) is 113 Å².